The number of methoxy groups -OCH3 is 1. The first-order valence-corrected chi connectivity index (χ1v) is 10.6. The monoisotopic (exact) mass is 454 g/mol. The predicted molar refractivity (Wildman–Crippen MR) is 113 cm³/mol. The zero-order valence-corrected chi connectivity index (χ0v) is 19.0. The fraction of sp³-hybridized carbons (Fsp3) is 0.619. The Morgan fingerprint density at radius 1 is 1.25 bits per heavy atom. The molecule has 7 heteroatoms. The van der Waals surface area contributed by atoms with Gasteiger partial charge in [0.1, 0.15) is 0 Å². The number of hydrogen-bond donors (Lipinski definition) is 1. The highest BCUT2D eigenvalue weighted by atomic mass is 79.9. The van der Waals surface area contributed by atoms with Gasteiger partial charge >= 0.3 is 0 Å². The smallest absolute Gasteiger partial charge is 0.251 e. The second kappa shape index (κ2) is 9.63. The molecule has 1 aliphatic rings. The third-order valence-electron chi connectivity index (χ3n) is 4.70. The largest absolute Gasteiger partial charge is 0.493 e. The first-order valence-electron chi connectivity index (χ1n) is 9.78. The van der Waals surface area contributed by atoms with Crippen molar-refractivity contribution in [3.63, 3.8) is 0 Å². The van der Waals surface area contributed by atoms with Crippen molar-refractivity contribution in [1.82, 2.24) is 10.2 Å². The molecular weight excluding hydrogens is 424 g/mol. The highest BCUT2D eigenvalue weighted by molar-refractivity contribution is 9.10. The van der Waals surface area contributed by atoms with E-state index < -0.39 is 0 Å². The van der Waals surface area contributed by atoms with Gasteiger partial charge in [-0.05, 0) is 47.3 Å². The molecular formula is C21H31BrN2O4. The van der Waals surface area contributed by atoms with E-state index in [0.29, 0.717) is 41.2 Å². The van der Waals surface area contributed by atoms with Crippen molar-refractivity contribution in [2.24, 2.45) is 5.41 Å². The van der Waals surface area contributed by atoms with E-state index in [0.717, 1.165) is 19.3 Å². The molecule has 2 rings (SSSR count). The van der Waals surface area contributed by atoms with Gasteiger partial charge in [0.05, 0.1) is 18.2 Å². The van der Waals surface area contributed by atoms with Crippen LogP contribution < -0.4 is 14.8 Å². The van der Waals surface area contributed by atoms with Gasteiger partial charge in [0, 0.05) is 30.1 Å². The number of hydrogen-bond acceptors (Lipinski definition) is 4. The van der Waals surface area contributed by atoms with Crippen molar-refractivity contribution < 1.29 is 19.1 Å². The van der Waals surface area contributed by atoms with Gasteiger partial charge in [-0.15, -0.1) is 0 Å². The summed E-state index contributed by atoms with van der Waals surface area (Å²) in [5, 5.41) is 3.08. The molecule has 1 fully saturated rings. The molecule has 0 unspecified atom stereocenters. The summed E-state index contributed by atoms with van der Waals surface area (Å²) in [4.78, 5) is 27.0. The average molecular weight is 455 g/mol. The topological polar surface area (TPSA) is 67.9 Å². The summed E-state index contributed by atoms with van der Waals surface area (Å²) >= 11 is 3.48. The highest BCUT2D eigenvalue weighted by Gasteiger charge is 2.31. The molecule has 156 valence electrons. The number of likely N-dealkylation sites (tertiary alicyclic amines) is 1. The number of carbonyl (C=O) groups excluding carboxylic acids is 2. The van der Waals surface area contributed by atoms with Crippen molar-refractivity contribution >= 4 is 27.7 Å². The molecule has 28 heavy (non-hydrogen) atoms. The number of nitrogens with zero attached hydrogens (tertiary/aromatic N) is 1. The van der Waals surface area contributed by atoms with E-state index in [2.05, 4.69) is 21.2 Å². The maximum Gasteiger partial charge on any atom is 0.251 e. The maximum absolute atomic E-state index is 12.7. The molecule has 1 aromatic carbocycles. The second-order valence-electron chi connectivity index (χ2n) is 8.13. The predicted octanol–water partition coefficient (Wildman–Crippen LogP) is 4.01. The summed E-state index contributed by atoms with van der Waals surface area (Å²) in [5.74, 6) is 1.14. The average Bonchev–Trinajstić information content (AvgIpc) is 2.65. The molecule has 0 aliphatic carbocycles. The molecule has 1 aliphatic heterocycles. The fourth-order valence-corrected chi connectivity index (χ4v) is 3.72. The van der Waals surface area contributed by atoms with E-state index in [1.54, 1.807) is 19.2 Å². The van der Waals surface area contributed by atoms with Crippen LogP contribution in [-0.4, -0.2) is 49.6 Å². The van der Waals surface area contributed by atoms with Gasteiger partial charge in [0.15, 0.2) is 11.5 Å². The third kappa shape index (κ3) is 5.63. The van der Waals surface area contributed by atoms with Gasteiger partial charge in [0.2, 0.25) is 5.91 Å². The van der Waals surface area contributed by atoms with Gasteiger partial charge in [-0.25, -0.2) is 0 Å². The van der Waals surface area contributed by atoms with E-state index >= 15 is 0 Å². The van der Waals surface area contributed by atoms with Gasteiger partial charge < -0.3 is 19.7 Å². The van der Waals surface area contributed by atoms with Crippen LogP contribution in [0.2, 0.25) is 0 Å². The Morgan fingerprint density at radius 3 is 2.43 bits per heavy atom. The zero-order chi connectivity index (χ0) is 20.9. The van der Waals surface area contributed by atoms with Gasteiger partial charge in [0.25, 0.3) is 5.91 Å². The number of benzene rings is 1. The molecule has 0 atom stereocenters. The van der Waals surface area contributed by atoms with Crippen LogP contribution in [0.5, 0.6) is 11.5 Å². The summed E-state index contributed by atoms with van der Waals surface area (Å²) in [6.45, 7) is 9.73. The van der Waals surface area contributed by atoms with Crippen LogP contribution in [0.4, 0.5) is 0 Å². The maximum atomic E-state index is 12.7. The van der Waals surface area contributed by atoms with Crippen molar-refractivity contribution in [3.8, 4) is 11.5 Å². The molecule has 1 saturated heterocycles. The standard InChI is InChI=1S/C21H31BrN2O4/c1-6-11-28-18-16(22)12-14(13-17(18)27-5)19(25)23-15-7-9-24(10-8-15)20(26)21(2,3)4/h12-13,15H,6-11H2,1-5H3,(H,23,25). The Hall–Kier alpha value is -1.76. The summed E-state index contributed by atoms with van der Waals surface area (Å²) in [5.41, 5.74) is 0.140. The van der Waals surface area contributed by atoms with E-state index in [4.69, 9.17) is 9.47 Å². The molecule has 1 aromatic rings. The summed E-state index contributed by atoms with van der Waals surface area (Å²) in [7, 11) is 1.56. The minimum absolute atomic E-state index is 0.0531. The Balaban J connectivity index is 2.00. The van der Waals surface area contributed by atoms with Crippen LogP contribution in [0.25, 0.3) is 0 Å². The molecule has 0 radical (unpaired) electrons. The highest BCUT2D eigenvalue weighted by Crippen LogP contribution is 2.36. The Morgan fingerprint density at radius 2 is 1.89 bits per heavy atom. The van der Waals surface area contributed by atoms with Crippen molar-refractivity contribution in [2.45, 2.75) is 53.0 Å². The Labute approximate surface area is 176 Å². The van der Waals surface area contributed by atoms with Crippen LogP contribution >= 0.6 is 15.9 Å². The van der Waals surface area contributed by atoms with Gasteiger partial charge in [-0.1, -0.05) is 27.7 Å². The van der Waals surface area contributed by atoms with Crippen molar-refractivity contribution in [2.75, 3.05) is 26.8 Å². The lowest BCUT2D eigenvalue weighted by atomic mass is 9.93. The first kappa shape index (κ1) is 22.5. The summed E-state index contributed by atoms with van der Waals surface area (Å²) in [6, 6.07) is 3.50. The first-order chi connectivity index (χ1) is 13.2. The molecule has 1 N–H and O–H groups in total. The van der Waals surface area contributed by atoms with Crippen LogP contribution in [-0.2, 0) is 4.79 Å². The number of amides is 2. The zero-order valence-electron chi connectivity index (χ0n) is 17.4. The molecule has 2 amide bonds. The van der Waals surface area contributed by atoms with Crippen molar-refractivity contribution in [3.05, 3.63) is 22.2 Å². The van der Waals surface area contributed by atoms with Crippen molar-refractivity contribution in [1.29, 1.82) is 0 Å². The number of rotatable bonds is 6. The van der Waals surface area contributed by atoms with E-state index in [-0.39, 0.29) is 23.3 Å². The lowest BCUT2D eigenvalue weighted by Gasteiger charge is -2.36. The van der Waals surface area contributed by atoms with E-state index in [1.165, 1.54) is 0 Å². The van der Waals surface area contributed by atoms with Crippen LogP contribution in [0, 0.1) is 5.41 Å². The second-order valence-corrected chi connectivity index (χ2v) is 8.98. The molecule has 0 aromatic heterocycles. The van der Waals surface area contributed by atoms with Crippen LogP contribution in [0.3, 0.4) is 0 Å². The van der Waals surface area contributed by atoms with Gasteiger partial charge in [-0.2, -0.15) is 0 Å². The van der Waals surface area contributed by atoms with Gasteiger partial charge in [-0.3, -0.25) is 9.59 Å². The lowest BCUT2D eigenvalue weighted by molar-refractivity contribution is -0.140. The molecule has 1 heterocycles. The lowest BCUT2D eigenvalue weighted by Crippen LogP contribution is -2.49. The van der Waals surface area contributed by atoms with Crippen LogP contribution in [0.1, 0.15) is 57.3 Å². The Kier molecular flexibility index (Phi) is 7.75. The minimum atomic E-state index is -0.374. The van der Waals surface area contributed by atoms with Crippen LogP contribution in [0.15, 0.2) is 16.6 Å². The number of nitrogens with one attached hydrogen (secondary N) is 1. The minimum Gasteiger partial charge on any atom is -0.493 e. The normalized spacial score (nSPS) is 15.3. The summed E-state index contributed by atoms with van der Waals surface area (Å²) in [6.07, 6.45) is 2.39. The Bertz CT molecular complexity index is 707. The number of piperidine rings is 1. The quantitative estimate of drug-likeness (QED) is 0.704. The SMILES string of the molecule is CCCOc1c(Br)cc(C(=O)NC2CCN(C(=O)C(C)(C)C)CC2)cc1OC. The summed E-state index contributed by atoms with van der Waals surface area (Å²) < 4.78 is 11.8. The number of halogens is 1. The molecule has 0 saturated carbocycles. The molecule has 0 bridgehead atoms. The third-order valence-corrected chi connectivity index (χ3v) is 5.29. The molecule has 0 spiro atoms. The number of carbonyl (C=O) groups is 2. The van der Waals surface area contributed by atoms with E-state index in [1.807, 2.05) is 32.6 Å². The van der Waals surface area contributed by atoms with E-state index in [9.17, 15) is 9.59 Å². The number of ether oxygens (including phenoxy) is 2. The molecule has 6 nitrogen and oxygen atoms in total. The fourth-order valence-electron chi connectivity index (χ4n) is 3.17.